The quantitative estimate of drug-likeness (QED) is 0.938. The van der Waals surface area contributed by atoms with E-state index in [1.165, 1.54) is 0 Å². The Morgan fingerprint density at radius 3 is 2.70 bits per heavy atom. The summed E-state index contributed by atoms with van der Waals surface area (Å²) in [6.45, 7) is 0.622. The second-order valence-corrected chi connectivity index (χ2v) is 5.01. The third-order valence-corrected chi connectivity index (χ3v) is 3.48. The molecule has 0 fully saturated rings. The Labute approximate surface area is 123 Å². The Hall–Kier alpha value is -2.02. The van der Waals surface area contributed by atoms with Crippen LogP contribution in [0.15, 0.2) is 42.5 Å². The third kappa shape index (κ3) is 3.30. The van der Waals surface area contributed by atoms with Crippen molar-refractivity contribution >= 4 is 17.3 Å². The summed E-state index contributed by atoms with van der Waals surface area (Å²) in [6, 6.07) is 15.2. The monoisotopic (exact) mass is 286 g/mol. The Bertz CT molecular complexity index is 649. The van der Waals surface area contributed by atoms with Crippen LogP contribution >= 0.6 is 11.6 Å². The van der Waals surface area contributed by atoms with Crippen molar-refractivity contribution in [3.05, 3.63) is 64.2 Å². The van der Waals surface area contributed by atoms with Crippen molar-refractivity contribution in [2.45, 2.75) is 13.2 Å². The van der Waals surface area contributed by atoms with Crippen molar-refractivity contribution in [1.29, 1.82) is 5.26 Å². The van der Waals surface area contributed by atoms with Crippen LogP contribution in [-0.4, -0.2) is 12.2 Å². The highest BCUT2D eigenvalue weighted by atomic mass is 35.5. The summed E-state index contributed by atoms with van der Waals surface area (Å²) in [7, 11) is 1.96. The van der Waals surface area contributed by atoms with E-state index in [9.17, 15) is 0 Å². The van der Waals surface area contributed by atoms with Crippen LogP contribution in [0.5, 0.6) is 0 Å². The van der Waals surface area contributed by atoms with Gasteiger partial charge >= 0.3 is 0 Å². The number of aliphatic hydroxyl groups is 1. The van der Waals surface area contributed by atoms with Crippen molar-refractivity contribution < 1.29 is 5.11 Å². The Balaban J connectivity index is 2.17. The number of aliphatic hydroxyl groups excluding tert-OH is 1. The van der Waals surface area contributed by atoms with Gasteiger partial charge in [-0.3, -0.25) is 0 Å². The second kappa shape index (κ2) is 6.42. The van der Waals surface area contributed by atoms with E-state index in [0.717, 1.165) is 16.8 Å². The Kier molecular flexibility index (Phi) is 4.62. The number of rotatable bonds is 4. The Morgan fingerprint density at radius 2 is 2.05 bits per heavy atom. The van der Waals surface area contributed by atoms with Crippen LogP contribution in [0.4, 0.5) is 5.69 Å². The first-order valence-corrected chi connectivity index (χ1v) is 6.61. The molecule has 2 aromatic carbocycles. The van der Waals surface area contributed by atoms with E-state index < -0.39 is 0 Å². The molecule has 0 atom stereocenters. The fourth-order valence-electron chi connectivity index (χ4n) is 2.01. The highest BCUT2D eigenvalue weighted by Crippen LogP contribution is 2.24. The molecule has 0 spiro atoms. The zero-order valence-corrected chi connectivity index (χ0v) is 11.9. The minimum Gasteiger partial charge on any atom is -0.392 e. The summed E-state index contributed by atoms with van der Waals surface area (Å²) in [5.41, 5.74) is 3.41. The molecule has 102 valence electrons. The normalized spacial score (nSPS) is 10.1. The summed E-state index contributed by atoms with van der Waals surface area (Å²) in [5.74, 6) is 0. The van der Waals surface area contributed by atoms with Gasteiger partial charge in [0.15, 0.2) is 0 Å². The molecule has 0 saturated heterocycles. The Morgan fingerprint density at radius 1 is 1.25 bits per heavy atom. The van der Waals surface area contributed by atoms with E-state index in [1.54, 1.807) is 6.07 Å². The number of hydrogen-bond donors (Lipinski definition) is 1. The van der Waals surface area contributed by atoms with E-state index >= 15 is 0 Å². The lowest BCUT2D eigenvalue weighted by Crippen LogP contribution is -2.16. The first-order valence-electron chi connectivity index (χ1n) is 6.23. The van der Waals surface area contributed by atoms with Crippen molar-refractivity contribution in [2.24, 2.45) is 0 Å². The lowest BCUT2D eigenvalue weighted by atomic mass is 10.1. The molecule has 0 amide bonds. The molecule has 0 bridgehead atoms. The van der Waals surface area contributed by atoms with Crippen LogP contribution in [0, 0.1) is 11.3 Å². The first-order chi connectivity index (χ1) is 9.63. The van der Waals surface area contributed by atoms with Gasteiger partial charge < -0.3 is 10.0 Å². The van der Waals surface area contributed by atoms with E-state index in [4.69, 9.17) is 22.0 Å². The van der Waals surface area contributed by atoms with E-state index in [0.29, 0.717) is 17.1 Å². The molecule has 0 heterocycles. The molecular weight excluding hydrogens is 272 g/mol. The standard InChI is InChI=1S/C16H15ClN2O/c1-19(10-13-4-2-3-12(7-13)9-18)15-6-5-14(11-20)16(17)8-15/h2-8,20H,10-11H2,1H3. The SMILES string of the molecule is CN(Cc1cccc(C#N)c1)c1ccc(CO)c(Cl)c1. The van der Waals surface area contributed by atoms with Gasteiger partial charge in [-0.1, -0.05) is 29.8 Å². The number of anilines is 1. The van der Waals surface area contributed by atoms with E-state index in [-0.39, 0.29) is 6.61 Å². The lowest BCUT2D eigenvalue weighted by Gasteiger charge is -2.20. The lowest BCUT2D eigenvalue weighted by molar-refractivity contribution is 0.282. The highest BCUT2D eigenvalue weighted by Gasteiger charge is 2.06. The van der Waals surface area contributed by atoms with Crippen LogP contribution in [-0.2, 0) is 13.2 Å². The topological polar surface area (TPSA) is 47.3 Å². The van der Waals surface area contributed by atoms with Gasteiger partial charge in [0.05, 0.1) is 18.2 Å². The van der Waals surface area contributed by atoms with Gasteiger partial charge in [-0.15, -0.1) is 0 Å². The molecule has 0 aliphatic rings. The number of hydrogen-bond acceptors (Lipinski definition) is 3. The molecule has 0 radical (unpaired) electrons. The van der Waals surface area contributed by atoms with Crippen molar-refractivity contribution in [3.8, 4) is 6.07 Å². The fraction of sp³-hybridized carbons (Fsp3) is 0.188. The minimum absolute atomic E-state index is 0.0625. The van der Waals surface area contributed by atoms with Crippen LogP contribution in [0.3, 0.4) is 0 Å². The molecule has 20 heavy (non-hydrogen) atoms. The predicted molar refractivity (Wildman–Crippen MR) is 80.6 cm³/mol. The van der Waals surface area contributed by atoms with Gasteiger partial charge in [0.25, 0.3) is 0 Å². The summed E-state index contributed by atoms with van der Waals surface area (Å²) >= 11 is 6.09. The maximum atomic E-state index is 9.11. The minimum atomic E-state index is -0.0625. The zero-order chi connectivity index (χ0) is 14.5. The molecule has 0 unspecified atom stereocenters. The molecule has 0 aliphatic heterocycles. The van der Waals surface area contributed by atoms with Crippen molar-refractivity contribution in [3.63, 3.8) is 0 Å². The average molecular weight is 287 g/mol. The van der Waals surface area contributed by atoms with Gasteiger partial charge in [-0.05, 0) is 35.4 Å². The van der Waals surface area contributed by atoms with Gasteiger partial charge in [0.2, 0.25) is 0 Å². The number of halogens is 1. The molecule has 2 aromatic rings. The number of nitrogens with zero attached hydrogens (tertiary/aromatic N) is 2. The number of nitriles is 1. The van der Waals surface area contributed by atoms with Gasteiger partial charge in [0.1, 0.15) is 0 Å². The van der Waals surface area contributed by atoms with E-state index in [1.807, 2.05) is 48.3 Å². The van der Waals surface area contributed by atoms with Crippen molar-refractivity contribution in [1.82, 2.24) is 0 Å². The van der Waals surface area contributed by atoms with E-state index in [2.05, 4.69) is 6.07 Å². The highest BCUT2D eigenvalue weighted by molar-refractivity contribution is 6.31. The molecule has 0 aliphatic carbocycles. The fourth-order valence-corrected chi connectivity index (χ4v) is 2.24. The number of benzene rings is 2. The summed E-state index contributed by atoms with van der Waals surface area (Å²) in [4.78, 5) is 2.05. The van der Waals surface area contributed by atoms with Crippen LogP contribution in [0.1, 0.15) is 16.7 Å². The summed E-state index contributed by atoms with van der Waals surface area (Å²) in [6.07, 6.45) is 0. The average Bonchev–Trinajstić information content (AvgIpc) is 2.47. The largest absolute Gasteiger partial charge is 0.392 e. The molecular formula is C16H15ClN2O. The molecule has 0 aromatic heterocycles. The maximum absolute atomic E-state index is 9.11. The van der Waals surface area contributed by atoms with Gasteiger partial charge in [0, 0.05) is 24.3 Å². The van der Waals surface area contributed by atoms with Crippen LogP contribution < -0.4 is 4.90 Å². The summed E-state index contributed by atoms with van der Waals surface area (Å²) in [5, 5.41) is 18.6. The van der Waals surface area contributed by atoms with Crippen LogP contribution in [0.2, 0.25) is 5.02 Å². The van der Waals surface area contributed by atoms with Gasteiger partial charge in [-0.2, -0.15) is 5.26 Å². The molecule has 3 nitrogen and oxygen atoms in total. The predicted octanol–water partition coefficient (Wildman–Crippen LogP) is 3.34. The third-order valence-electron chi connectivity index (χ3n) is 3.12. The molecule has 0 saturated carbocycles. The van der Waals surface area contributed by atoms with Gasteiger partial charge in [-0.25, -0.2) is 0 Å². The maximum Gasteiger partial charge on any atom is 0.0991 e. The van der Waals surface area contributed by atoms with Crippen LogP contribution in [0.25, 0.3) is 0 Å². The smallest absolute Gasteiger partial charge is 0.0991 e. The molecule has 2 rings (SSSR count). The molecule has 4 heteroatoms. The van der Waals surface area contributed by atoms with Crippen molar-refractivity contribution in [2.75, 3.05) is 11.9 Å². The second-order valence-electron chi connectivity index (χ2n) is 4.60. The first kappa shape index (κ1) is 14.4. The summed E-state index contributed by atoms with van der Waals surface area (Å²) < 4.78 is 0. The molecule has 1 N–H and O–H groups in total. The zero-order valence-electron chi connectivity index (χ0n) is 11.2.